The van der Waals surface area contributed by atoms with E-state index in [0.29, 0.717) is 0 Å². The van der Waals surface area contributed by atoms with E-state index in [2.05, 4.69) is 38.0 Å². The van der Waals surface area contributed by atoms with Gasteiger partial charge in [-0.3, -0.25) is 9.89 Å². The second-order valence-electron chi connectivity index (χ2n) is 6.74. The first-order valence-corrected chi connectivity index (χ1v) is 10.0. The summed E-state index contributed by atoms with van der Waals surface area (Å²) in [4.78, 5) is 8.40. The highest BCUT2D eigenvalue weighted by Gasteiger charge is 2.38. The molecule has 0 radical (unpaired) electrons. The molecule has 1 aromatic heterocycles. The lowest BCUT2D eigenvalue weighted by atomic mass is 9.80. The van der Waals surface area contributed by atoms with Crippen molar-refractivity contribution in [1.29, 1.82) is 0 Å². The van der Waals surface area contributed by atoms with E-state index in [4.69, 9.17) is 4.74 Å². The largest absolute Gasteiger partial charge is 0.379 e. The van der Waals surface area contributed by atoms with Gasteiger partial charge in [-0.05, 0) is 24.3 Å². The number of thiophene rings is 1. The van der Waals surface area contributed by atoms with Crippen LogP contribution in [-0.4, -0.2) is 56.3 Å². The molecule has 0 amide bonds. The lowest BCUT2D eigenvalue weighted by Gasteiger charge is -2.48. The van der Waals surface area contributed by atoms with E-state index in [9.17, 15) is 0 Å². The van der Waals surface area contributed by atoms with Crippen LogP contribution in [0.2, 0.25) is 0 Å². The van der Waals surface area contributed by atoms with E-state index in [1.807, 2.05) is 7.05 Å². The molecule has 0 bridgehead atoms. The van der Waals surface area contributed by atoms with Gasteiger partial charge in [0.25, 0.3) is 0 Å². The van der Waals surface area contributed by atoms with E-state index in [0.717, 1.165) is 45.4 Å². The zero-order chi connectivity index (χ0) is 16.7. The molecule has 1 saturated carbocycles. The highest BCUT2D eigenvalue weighted by molar-refractivity contribution is 7.09. The van der Waals surface area contributed by atoms with Crippen molar-refractivity contribution in [3.63, 3.8) is 0 Å². The summed E-state index contributed by atoms with van der Waals surface area (Å²) in [6.07, 6.45) is 6.60. The van der Waals surface area contributed by atoms with E-state index in [-0.39, 0.29) is 5.54 Å². The molecule has 1 aromatic rings. The first-order chi connectivity index (χ1) is 11.8. The monoisotopic (exact) mass is 350 g/mol. The lowest BCUT2D eigenvalue weighted by molar-refractivity contribution is -0.0352. The summed E-state index contributed by atoms with van der Waals surface area (Å²) in [7, 11) is 1.85. The van der Waals surface area contributed by atoms with Crippen molar-refractivity contribution in [3.8, 4) is 0 Å². The molecule has 2 fully saturated rings. The van der Waals surface area contributed by atoms with Crippen LogP contribution in [-0.2, 0) is 11.3 Å². The van der Waals surface area contributed by atoms with Crippen molar-refractivity contribution in [2.75, 3.05) is 39.9 Å². The smallest absolute Gasteiger partial charge is 0.191 e. The molecule has 24 heavy (non-hydrogen) atoms. The molecule has 6 heteroatoms. The van der Waals surface area contributed by atoms with Crippen molar-refractivity contribution >= 4 is 17.3 Å². The van der Waals surface area contributed by atoms with Gasteiger partial charge in [-0.2, -0.15) is 0 Å². The summed E-state index contributed by atoms with van der Waals surface area (Å²) in [5.74, 6) is 0.904. The van der Waals surface area contributed by atoms with Gasteiger partial charge in [0, 0.05) is 37.1 Å². The molecule has 2 heterocycles. The number of aliphatic imine (C=N–C) groups is 1. The third kappa shape index (κ3) is 4.49. The zero-order valence-corrected chi connectivity index (χ0v) is 15.5. The molecule has 134 valence electrons. The molecule has 1 aliphatic heterocycles. The molecule has 3 rings (SSSR count). The SMILES string of the molecule is CN=C(NCc1cccs1)NCC1(N2CCOCC2)CCCCC1. The first-order valence-electron chi connectivity index (χ1n) is 9.12. The second-order valence-corrected chi connectivity index (χ2v) is 7.78. The number of hydrogen-bond acceptors (Lipinski definition) is 4. The normalized spacial score (nSPS) is 22.3. The van der Waals surface area contributed by atoms with Crippen molar-refractivity contribution in [2.45, 2.75) is 44.2 Å². The summed E-state index contributed by atoms with van der Waals surface area (Å²) in [5, 5.41) is 9.15. The predicted octanol–water partition coefficient (Wildman–Crippen LogP) is 2.45. The van der Waals surface area contributed by atoms with Crippen LogP contribution in [0.25, 0.3) is 0 Å². The number of nitrogens with zero attached hydrogens (tertiary/aromatic N) is 2. The fourth-order valence-corrected chi connectivity index (χ4v) is 4.55. The molecule has 2 aliphatic rings. The maximum absolute atomic E-state index is 5.57. The minimum Gasteiger partial charge on any atom is -0.379 e. The highest BCUT2D eigenvalue weighted by atomic mass is 32.1. The Hall–Kier alpha value is -1.11. The van der Waals surface area contributed by atoms with Crippen molar-refractivity contribution < 1.29 is 4.74 Å². The molecule has 1 aliphatic carbocycles. The number of rotatable bonds is 5. The van der Waals surface area contributed by atoms with Crippen LogP contribution in [0, 0.1) is 0 Å². The lowest BCUT2D eigenvalue weighted by Crippen LogP contribution is -2.60. The third-order valence-corrected chi connectivity index (χ3v) is 6.16. The molecule has 0 atom stereocenters. The van der Waals surface area contributed by atoms with Gasteiger partial charge in [0.15, 0.2) is 5.96 Å². The third-order valence-electron chi connectivity index (χ3n) is 5.28. The molecule has 1 saturated heterocycles. The average Bonchev–Trinajstić information content (AvgIpc) is 3.17. The minimum atomic E-state index is 0.266. The van der Waals surface area contributed by atoms with Crippen LogP contribution in [0.1, 0.15) is 37.0 Å². The van der Waals surface area contributed by atoms with Gasteiger partial charge in [0.1, 0.15) is 0 Å². The van der Waals surface area contributed by atoms with Crippen LogP contribution < -0.4 is 10.6 Å². The molecule has 0 spiro atoms. The van der Waals surface area contributed by atoms with Gasteiger partial charge in [-0.1, -0.05) is 25.3 Å². The average molecular weight is 351 g/mol. The van der Waals surface area contributed by atoms with Gasteiger partial charge in [-0.15, -0.1) is 11.3 Å². The van der Waals surface area contributed by atoms with Gasteiger partial charge in [-0.25, -0.2) is 0 Å². The topological polar surface area (TPSA) is 48.9 Å². The van der Waals surface area contributed by atoms with Crippen LogP contribution >= 0.6 is 11.3 Å². The van der Waals surface area contributed by atoms with E-state index in [1.165, 1.54) is 37.0 Å². The maximum Gasteiger partial charge on any atom is 0.191 e. The molecule has 2 N–H and O–H groups in total. The number of nitrogens with one attached hydrogen (secondary N) is 2. The number of ether oxygens (including phenoxy) is 1. The van der Waals surface area contributed by atoms with Crippen molar-refractivity contribution in [2.24, 2.45) is 4.99 Å². The Labute approximate surface area is 149 Å². The van der Waals surface area contributed by atoms with E-state index in [1.54, 1.807) is 11.3 Å². The maximum atomic E-state index is 5.57. The fourth-order valence-electron chi connectivity index (χ4n) is 3.91. The zero-order valence-electron chi connectivity index (χ0n) is 14.7. The summed E-state index contributed by atoms with van der Waals surface area (Å²) < 4.78 is 5.57. The number of guanidine groups is 1. The van der Waals surface area contributed by atoms with Gasteiger partial charge in [0.2, 0.25) is 0 Å². The first kappa shape index (κ1) is 17.7. The predicted molar refractivity (Wildman–Crippen MR) is 101 cm³/mol. The molecular formula is C18H30N4OS. The minimum absolute atomic E-state index is 0.266. The molecule has 0 unspecified atom stereocenters. The van der Waals surface area contributed by atoms with Crippen molar-refractivity contribution in [3.05, 3.63) is 22.4 Å². The van der Waals surface area contributed by atoms with Crippen LogP contribution in [0.15, 0.2) is 22.5 Å². The van der Waals surface area contributed by atoms with Crippen LogP contribution in [0.3, 0.4) is 0 Å². The van der Waals surface area contributed by atoms with Gasteiger partial charge in [0.05, 0.1) is 19.8 Å². The Kier molecular flexibility index (Phi) is 6.51. The summed E-state index contributed by atoms with van der Waals surface area (Å²) in [6, 6.07) is 4.24. The van der Waals surface area contributed by atoms with E-state index < -0.39 is 0 Å². The summed E-state index contributed by atoms with van der Waals surface area (Å²) >= 11 is 1.78. The van der Waals surface area contributed by atoms with Crippen LogP contribution in [0.5, 0.6) is 0 Å². The quantitative estimate of drug-likeness (QED) is 0.633. The van der Waals surface area contributed by atoms with Gasteiger partial charge >= 0.3 is 0 Å². The van der Waals surface area contributed by atoms with Gasteiger partial charge < -0.3 is 15.4 Å². The molecule has 0 aromatic carbocycles. The number of hydrogen-bond donors (Lipinski definition) is 2. The Balaban J connectivity index is 1.57. The van der Waals surface area contributed by atoms with E-state index >= 15 is 0 Å². The Bertz CT molecular complexity index is 505. The second kappa shape index (κ2) is 8.83. The summed E-state index contributed by atoms with van der Waals surface area (Å²) in [5.41, 5.74) is 0.266. The Morgan fingerprint density at radius 1 is 1.25 bits per heavy atom. The summed E-state index contributed by atoms with van der Waals surface area (Å²) in [6.45, 7) is 5.66. The fraction of sp³-hybridized carbons (Fsp3) is 0.722. The standard InChI is InChI=1S/C18H30N4OS/c1-19-17(20-14-16-6-5-13-24-16)21-15-18(7-3-2-4-8-18)22-9-11-23-12-10-22/h5-6,13H,2-4,7-12,14-15H2,1H3,(H2,19,20,21). The Morgan fingerprint density at radius 3 is 2.71 bits per heavy atom. The van der Waals surface area contributed by atoms with Crippen LogP contribution in [0.4, 0.5) is 0 Å². The molecular weight excluding hydrogens is 320 g/mol. The highest BCUT2D eigenvalue weighted by Crippen LogP contribution is 2.33. The number of morpholine rings is 1. The molecule has 5 nitrogen and oxygen atoms in total. The van der Waals surface area contributed by atoms with Crippen molar-refractivity contribution in [1.82, 2.24) is 15.5 Å². The Morgan fingerprint density at radius 2 is 2.04 bits per heavy atom.